The highest BCUT2D eigenvalue weighted by Crippen LogP contribution is 2.42. The Hall–Kier alpha value is -1.68. The van der Waals surface area contributed by atoms with E-state index in [-0.39, 0.29) is 23.6 Å². The summed E-state index contributed by atoms with van der Waals surface area (Å²) in [5.41, 5.74) is -0.610. The van der Waals surface area contributed by atoms with E-state index in [0.717, 1.165) is 25.7 Å². The molecule has 2 aliphatic rings. The molecule has 2 atom stereocenters. The minimum atomic E-state index is -0.403. The van der Waals surface area contributed by atoms with Crippen LogP contribution in [0, 0.1) is 5.92 Å². The Bertz CT molecular complexity index is 382. The Morgan fingerprint density at radius 3 is 2.58 bits per heavy atom. The largest absolute Gasteiger partial charge is 0.460 e. The van der Waals surface area contributed by atoms with Crippen LogP contribution in [0.4, 0.5) is 0 Å². The van der Waals surface area contributed by atoms with Gasteiger partial charge in [0.15, 0.2) is 0 Å². The summed E-state index contributed by atoms with van der Waals surface area (Å²) in [7, 11) is 0. The first-order valence-corrected chi connectivity index (χ1v) is 6.24. The lowest BCUT2D eigenvalue weighted by Gasteiger charge is -2.23. The van der Waals surface area contributed by atoms with Gasteiger partial charge in [-0.1, -0.05) is 5.16 Å². The molecule has 6 heteroatoms. The summed E-state index contributed by atoms with van der Waals surface area (Å²) in [5.74, 6) is -0.124. The van der Waals surface area contributed by atoms with Gasteiger partial charge in [-0.2, -0.15) is 9.59 Å². The smallest absolute Gasteiger partial charge is 0.373 e. The van der Waals surface area contributed by atoms with Gasteiger partial charge in [0.1, 0.15) is 11.2 Å². The van der Waals surface area contributed by atoms with Gasteiger partial charge in [0.25, 0.3) is 0 Å². The maximum absolute atomic E-state index is 11.9. The van der Waals surface area contributed by atoms with Gasteiger partial charge in [0, 0.05) is 19.1 Å². The van der Waals surface area contributed by atoms with Gasteiger partial charge in [-0.3, -0.25) is 4.79 Å². The van der Waals surface area contributed by atoms with Crippen LogP contribution in [0.3, 0.4) is 0 Å². The van der Waals surface area contributed by atoms with Crippen LogP contribution in [0.5, 0.6) is 0 Å². The summed E-state index contributed by atoms with van der Waals surface area (Å²) in [4.78, 5) is 33.5. The second kappa shape index (κ2) is 5.97. The number of hydrogen-bond acceptors (Lipinski definition) is 6. The van der Waals surface area contributed by atoms with E-state index in [1.807, 2.05) is 20.8 Å². The molecule has 6 nitrogen and oxygen atoms in total. The van der Waals surface area contributed by atoms with E-state index < -0.39 is 5.60 Å². The number of rotatable bonds is 1. The molecule has 1 saturated carbocycles. The van der Waals surface area contributed by atoms with Crippen molar-refractivity contribution in [2.45, 2.75) is 57.7 Å². The molecule has 1 heterocycles. The Labute approximate surface area is 112 Å². The summed E-state index contributed by atoms with van der Waals surface area (Å²) in [6, 6.07) is 0. The third-order valence-corrected chi connectivity index (χ3v) is 3.09. The molecule has 0 aromatic rings. The molecule has 0 saturated heterocycles. The Morgan fingerprint density at radius 2 is 2.11 bits per heavy atom. The Balaban J connectivity index is 0.000000550. The fraction of sp³-hybridized carbons (Fsp3) is 0.769. The maximum atomic E-state index is 11.9. The van der Waals surface area contributed by atoms with E-state index >= 15 is 0 Å². The SMILES string of the molecule is CC(C)(C)OC(=O)C1CCC2(CC=NO2)C1.O=C=O. The van der Waals surface area contributed by atoms with Crippen molar-refractivity contribution in [2.24, 2.45) is 11.1 Å². The van der Waals surface area contributed by atoms with Crippen molar-refractivity contribution in [3.05, 3.63) is 0 Å². The summed E-state index contributed by atoms with van der Waals surface area (Å²) in [5, 5.41) is 3.81. The predicted molar refractivity (Wildman–Crippen MR) is 65.1 cm³/mol. The van der Waals surface area contributed by atoms with Crippen molar-refractivity contribution in [1.29, 1.82) is 0 Å². The molecule has 0 radical (unpaired) electrons. The van der Waals surface area contributed by atoms with Crippen LogP contribution in [0.1, 0.15) is 46.5 Å². The monoisotopic (exact) mass is 269 g/mol. The van der Waals surface area contributed by atoms with Gasteiger partial charge >= 0.3 is 12.1 Å². The van der Waals surface area contributed by atoms with Gasteiger partial charge in [-0.05, 0) is 33.6 Å². The standard InChI is InChI=1S/C12H19NO3.CO2/c1-11(2,3)15-10(14)9-4-5-12(8-9)6-7-13-16-12;2-1-3/h7,9H,4-6,8H2,1-3H3;. The summed E-state index contributed by atoms with van der Waals surface area (Å²) in [6.45, 7) is 5.68. The first-order valence-electron chi connectivity index (χ1n) is 6.24. The molecule has 1 fully saturated rings. The molecule has 0 amide bonds. The van der Waals surface area contributed by atoms with Gasteiger partial charge in [0.2, 0.25) is 0 Å². The third-order valence-electron chi connectivity index (χ3n) is 3.09. The van der Waals surface area contributed by atoms with Gasteiger partial charge in [-0.15, -0.1) is 0 Å². The van der Waals surface area contributed by atoms with Crippen LogP contribution < -0.4 is 0 Å². The molecule has 1 aliphatic carbocycles. The van der Waals surface area contributed by atoms with Crippen LogP contribution in [0.25, 0.3) is 0 Å². The second-order valence-corrected chi connectivity index (χ2v) is 5.82. The van der Waals surface area contributed by atoms with Crippen LogP contribution in [-0.2, 0) is 24.0 Å². The molecule has 2 unspecified atom stereocenters. The lowest BCUT2D eigenvalue weighted by molar-refractivity contribution is -0.191. The van der Waals surface area contributed by atoms with Crippen molar-refractivity contribution in [3.63, 3.8) is 0 Å². The van der Waals surface area contributed by atoms with Gasteiger partial charge in [0.05, 0.1) is 5.92 Å². The number of oxime groups is 1. The summed E-state index contributed by atoms with van der Waals surface area (Å²) >= 11 is 0. The molecule has 0 N–H and O–H groups in total. The highest BCUT2D eigenvalue weighted by Gasteiger charge is 2.46. The maximum Gasteiger partial charge on any atom is 0.373 e. The summed E-state index contributed by atoms with van der Waals surface area (Å²) in [6.07, 6.45) is 5.35. The van der Waals surface area contributed by atoms with Crippen molar-refractivity contribution in [3.8, 4) is 0 Å². The zero-order valence-corrected chi connectivity index (χ0v) is 11.5. The van der Waals surface area contributed by atoms with Crippen molar-refractivity contribution >= 4 is 18.3 Å². The normalized spacial score (nSPS) is 28.3. The van der Waals surface area contributed by atoms with Crippen LogP contribution in [0.2, 0.25) is 0 Å². The van der Waals surface area contributed by atoms with Crippen molar-refractivity contribution in [1.82, 2.24) is 0 Å². The van der Waals surface area contributed by atoms with Crippen LogP contribution >= 0.6 is 0 Å². The molecule has 2 rings (SSSR count). The van der Waals surface area contributed by atoms with E-state index in [0.29, 0.717) is 0 Å². The van der Waals surface area contributed by atoms with E-state index in [1.165, 1.54) is 0 Å². The van der Waals surface area contributed by atoms with Crippen molar-refractivity contribution in [2.75, 3.05) is 0 Å². The highest BCUT2D eigenvalue weighted by molar-refractivity contribution is 5.74. The molecule has 106 valence electrons. The molecule has 0 bridgehead atoms. The molecule has 1 aliphatic heterocycles. The zero-order chi connectivity index (χ0) is 14.5. The second-order valence-electron chi connectivity index (χ2n) is 5.82. The number of ether oxygens (including phenoxy) is 1. The van der Waals surface area contributed by atoms with Gasteiger partial charge < -0.3 is 9.57 Å². The topological polar surface area (TPSA) is 82.0 Å². The van der Waals surface area contributed by atoms with E-state index in [1.54, 1.807) is 6.21 Å². The van der Waals surface area contributed by atoms with E-state index in [2.05, 4.69) is 5.16 Å². The number of esters is 1. The molecule has 1 spiro atoms. The predicted octanol–water partition coefficient (Wildman–Crippen LogP) is 1.69. The molecular formula is C13H19NO5. The number of hydrogen-bond donors (Lipinski definition) is 0. The number of carbonyl (C=O) groups excluding carboxylic acids is 3. The molecule has 0 aromatic heterocycles. The fourth-order valence-electron chi connectivity index (χ4n) is 2.34. The van der Waals surface area contributed by atoms with Crippen LogP contribution in [0.15, 0.2) is 5.16 Å². The minimum Gasteiger partial charge on any atom is -0.460 e. The Morgan fingerprint density at radius 1 is 1.47 bits per heavy atom. The molecular weight excluding hydrogens is 250 g/mol. The zero-order valence-electron chi connectivity index (χ0n) is 11.5. The lowest BCUT2D eigenvalue weighted by Crippen LogP contribution is -2.30. The average Bonchev–Trinajstić information content (AvgIpc) is 2.88. The first kappa shape index (κ1) is 15.4. The Kier molecular flexibility index (Phi) is 4.84. The molecule has 19 heavy (non-hydrogen) atoms. The number of carbonyl (C=O) groups is 1. The van der Waals surface area contributed by atoms with E-state index in [4.69, 9.17) is 19.2 Å². The van der Waals surface area contributed by atoms with Crippen molar-refractivity contribution < 1.29 is 24.0 Å². The minimum absolute atomic E-state index is 0.0269. The fourth-order valence-corrected chi connectivity index (χ4v) is 2.34. The highest BCUT2D eigenvalue weighted by atomic mass is 16.7. The summed E-state index contributed by atoms with van der Waals surface area (Å²) < 4.78 is 5.39. The lowest BCUT2D eigenvalue weighted by atomic mass is 9.97. The van der Waals surface area contributed by atoms with Crippen LogP contribution in [-0.4, -0.2) is 29.5 Å². The first-order chi connectivity index (χ1) is 8.82. The van der Waals surface area contributed by atoms with Gasteiger partial charge in [-0.25, -0.2) is 0 Å². The quantitative estimate of drug-likeness (QED) is 0.676. The molecule has 0 aromatic carbocycles. The van der Waals surface area contributed by atoms with E-state index in [9.17, 15) is 4.79 Å². The average molecular weight is 269 g/mol. The third kappa shape index (κ3) is 4.48. The number of nitrogens with zero attached hydrogens (tertiary/aromatic N) is 1.